The summed E-state index contributed by atoms with van der Waals surface area (Å²) in [5, 5.41) is 8.54. The van der Waals surface area contributed by atoms with E-state index >= 15 is 0 Å². The van der Waals surface area contributed by atoms with Crippen LogP contribution in [0.25, 0.3) is 0 Å². The molecule has 0 saturated carbocycles. The molecule has 0 aliphatic carbocycles. The number of ether oxygens (including phenoxy) is 1. The molecule has 14 heavy (non-hydrogen) atoms. The fraction of sp³-hybridized carbons (Fsp3) is 0.273. The van der Waals surface area contributed by atoms with Crippen LogP contribution in [0.4, 0.5) is 5.69 Å². The largest absolute Gasteiger partial charge is 0.497 e. The first-order valence-corrected chi connectivity index (χ1v) is 4.31. The zero-order chi connectivity index (χ0) is 10.4. The van der Waals surface area contributed by atoms with Crippen LogP contribution in [0.15, 0.2) is 18.2 Å². The van der Waals surface area contributed by atoms with Crippen molar-refractivity contribution in [3.63, 3.8) is 0 Å². The smallest absolute Gasteiger partial charge is 0.121 e. The first kappa shape index (κ1) is 10.4. The van der Waals surface area contributed by atoms with Crippen molar-refractivity contribution in [3.8, 4) is 17.6 Å². The SMILES string of the molecule is COc1ccc(C#CCCO)c(N)c1. The lowest BCUT2D eigenvalue weighted by atomic mass is 10.2. The van der Waals surface area contributed by atoms with E-state index in [1.54, 1.807) is 25.3 Å². The summed E-state index contributed by atoms with van der Waals surface area (Å²) in [4.78, 5) is 0. The minimum absolute atomic E-state index is 0.0725. The van der Waals surface area contributed by atoms with Crippen molar-refractivity contribution in [3.05, 3.63) is 23.8 Å². The number of nitrogen functional groups attached to an aromatic ring is 1. The predicted molar refractivity (Wildman–Crippen MR) is 56.0 cm³/mol. The van der Waals surface area contributed by atoms with Gasteiger partial charge in [-0.3, -0.25) is 0 Å². The number of hydrogen-bond acceptors (Lipinski definition) is 3. The van der Waals surface area contributed by atoms with Crippen LogP contribution in [0, 0.1) is 11.8 Å². The fourth-order valence-corrected chi connectivity index (χ4v) is 0.995. The summed E-state index contributed by atoms with van der Waals surface area (Å²) in [6, 6.07) is 5.33. The minimum atomic E-state index is 0.0725. The van der Waals surface area contributed by atoms with Gasteiger partial charge in [0.1, 0.15) is 5.75 Å². The average Bonchev–Trinajstić information content (AvgIpc) is 2.20. The molecule has 0 aromatic heterocycles. The maximum absolute atomic E-state index is 8.54. The molecule has 1 aromatic carbocycles. The number of aliphatic hydroxyl groups is 1. The molecule has 0 aliphatic heterocycles. The predicted octanol–water partition coefficient (Wildman–Crippen LogP) is 1.01. The molecule has 0 atom stereocenters. The van der Waals surface area contributed by atoms with E-state index in [0.717, 1.165) is 11.3 Å². The molecular weight excluding hydrogens is 178 g/mol. The van der Waals surface area contributed by atoms with Gasteiger partial charge in [-0.15, -0.1) is 0 Å². The number of hydrogen-bond donors (Lipinski definition) is 2. The van der Waals surface area contributed by atoms with E-state index in [-0.39, 0.29) is 6.61 Å². The molecule has 0 radical (unpaired) electrons. The summed E-state index contributed by atoms with van der Waals surface area (Å²) < 4.78 is 5.01. The Morgan fingerprint density at radius 3 is 2.86 bits per heavy atom. The molecule has 74 valence electrons. The van der Waals surface area contributed by atoms with Crippen molar-refractivity contribution in [2.75, 3.05) is 19.5 Å². The third-order valence-corrected chi connectivity index (χ3v) is 1.72. The van der Waals surface area contributed by atoms with Crippen molar-refractivity contribution in [1.29, 1.82) is 0 Å². The number of benzene rings is 1. The Labute approximate surface area is 83.5 Å². The summed E-state index contributed by atoms with van der Waals surface area (Å²) in [5.74, 6) is 6.40. The Morgan fingerprint density at radius 1 is 1.50 bits per heavy atom. The van der Waals surface area contributed by atoms with Crippen LogP contribution in [0.2, 0.25) is 0 Å². The number of aliphatic hydroxyl groups excluding tert-OH is 1. The van der Waals surface area contributed by atoms with Gasteiger partial charge in [0.25, 0.3) is 0 Å². The standard InChI is InChI=1S/C11H13NO2/c1-14-10-6-5-9(11(12)8-10)4-2-3-7-13/h5-6,8,13H,3,7,12H2,1H3. The second kappa shape index (κ2) is 5.15. The number of anilines is 1. The number of methoxy groups -OCH3 is 1. The molecule has 3 N–H and O–H groups in total. The lowest BCUT2D eigenvalue weighted by Gasteiger charge is -2.02. The lowest BCUT2D eigenvalue weighted by Crippen LogP contribution is -1.92. The highest BCUT2D eigenvalue weighted by Crippen LogP contribution is 2.18. The van der Waals surface area contributed by atoms with Crippen molar-refractivity contribution in [1.82, 2.24) is 0 Å². The Bertz CT molecular complexity index is 363. The quantitative estimate of drug-likeness (QED) is 0.542. The summed E-state index contributed by atoms with van der Waals surface area (Å²) in [5.41, 5.74) is 7.09. The van der Waals surface area contributed by atoms with Gasteiger partial charge in [-0.1, -0.05) is 11.8 Å². The fourth-order valence-electron chi connectivity index (χ4n) is 0.995. The van der Waals surface area contributed by atoms with E-state index in [9.17, 15) is 0 Å². The number of nitrogens with two attached hydrogens (primary N) is 1. The Morgan fingerprint density at radius 2 is 2.29 bits per heavy atom. The first-order chi connectivity index (χ1) is 6.77. The highest BCUT2D eigenvalue weighted by atomic mass is 16.5. The zero-order valence-electron chi connectivity index (χ0n) is 8.08. The third kappa shape index (κ3) is 2.68. The molecule has 0 aliphatic rings. The van der Waals surface area contributed by atoms with Gasteiger partial charge in [0, 0.05) is 18.1 Å². The molecule has 0 saturated heterocycles. The monoisotopic (exact) mass is 191 g/mol. The van der Waals surface area contributed by atoms with Crippen molar-refractivity contribution in [2.24, 2.45) is 0 Å². The molecule has 3 nitrogen and oxygen atoms in total. The van der Waals surface area contributed by atoms with Crippen LogP contribution < -0.4 is 10.5 Å². The number of rotatable bonds is 2. The normalized spacial score (nSPS) is 9.00. The van der Waals surface area contributed by atoms with E-state index in [1.807, 2.05) is 0 Å². The molecule has 0 spiro atoms. The molecular formula is C11H13NO2. The molecule has 0 heterocycles. The summed E-state index contributed by atoms with van der Waals surface area (Å²) in [7, 11) is 1.59. The van der Waals surface area contributed by atoms with Crippen molar-refractivity contribution >= 4 is 5.69 Å². The molecule has 0 fully saturated rings. The van der Waals surface area contributed by atoms with Gasteiger partial charge in [0.05, 0.1) is 19.4 Å². The van der Waals surface area contributed by atoms with E-state index in [2.05, 4.69) is 11.8 Å². The van der Waals surface area contributed by atoms with E-state index < -0.39 is 0 Å². The van der Waals surface area contributed by atoms with Crippen LogP contribution in [0.1, 0.15) is 12.0 Å². The maximum atomic E-state index is 8.54. The second-order valence-corrected chi connectivity index (χ2v) is 2.73. The van der Waals surface area contributed by atoms with Gasteiger partial charge >= 0.3 is 0 Å². The lowest BCUT2D eigenvalue weighted by molar-refractivity contribution is 0.305. The maximum Gasteiger partial charge on any atom is 0.121 e. The van der Waals surface area contributed by atoms with Gasteiger partial charge in [-0.2, -0.15) is 0 Å². The molecule has 1 rings (SSSR count). The van der Waals surface area contributed by atoms with E-state index in [1.165, 1.54) is 0 Å². The molecule has 1 aromatic rings. The van der Waals surface area contributed by atoms with Crippen LogP contribution in [-0.2, 0) is 0 Å². The zero-order valence-corrected chi connectivity index (χ0v) is 8.08. The second-order valence-electron chi connectivity index (χ2n) is 2.73. The van der Waals surface area contributed by atoms with Crippen molar-refractivity contribution in [2.45, 2.75) is 6.42 Å². The first-order valence-electron chi connectivity index (χ1n) is 4.31. The highest BCUT2D eigenvalue weighted by Gasteiger charge is 1.97. The Hall–Kier alpha value is -1.66. The summed E-state index contributed by atoms with van der Waals surface area (Å²) in [6.45, 7) is 0.0725. The average molecular weight is 191 g/mol. The molecule has 0 unspecified atom stereocenters. The topological polar surface area (TPSA) is 55.5 Å². The van der Waals surface area contributed by atoms with Gasteiger partial charge in [0.15, 0.2) is 0 Å². The highest BCUT2D eigenvalue weighted by molar-refractivity contribution is 5.58. The third-order valence-electron chi connectivity index (χ3n) is 1.72. The van der Waals surface area contributed by atoms with Crippen molar-refractivity contribution < 1.29 is 9.84 Å². The molecule has 0 amide bonds. The molecule has 0 bridgehead atoms. The Kier molecular flexibility index (Phi) is 3.84. The van der Waals surface area contributed by atoms with Crippen LogP contribution in [0.3, 0.4) is 0 Å². The Balaban J connectivity index is 2.85. The van der Waals surface area contributed by atoms with Gasteiger partial charge in [0.2, 0.25) is 0 Å². The van der Waals surface area contributed by atoms with Gasteiger partial charge < -0.3 is 15.6 Å². The van der Waals surface area contributed by atoms with E-state index in [4.69, 9.17) is 15.6 Å². The van der Waals surface area contributed by atoms with Crippen LogP contribution in [0.5, 0.6) is 5.75 Å². The van der Waals surface area contributed by atoms with Crippen LogP contribution >= 0.6 is 0 Å². The van der Waals surface area contributed by atoms with E-state index in [0.29, 0.717) is 12.1 Å². The summed E-state index contributed by atoms with van der Waals surface area (Å²) >= 11 is 0. The summed E-state index contributed by atoms with van der Waals surface area (Å²) in [6.07, 6.45) is 0.464. The van der Waals surface area contributed by atoms with Crippen LogP contribution in [-0.4, -0.2) is 18.8 Å². The van der Waals surface area contributed by atoms with Gasteiger partial charge in [-0.05, 0) is 12.1 Å². The molecule has 3 heteroatoms. The van der Waals surface area contributed by atoms with Gasteiger partial charge in [-0.25, -0.2) is 0 Å². The minimum Gasteiger partial charge on any atom is -0.497 e.